The van der Waals surface area contributed by atoms with Crippen molar-refractivity contribution in [2.24, 2.45) is 0 Å². The van der Waals surface area contributed by atoms with E-state index in [0.717, 1.165) is 18.9 Å². The third-order valence-electron chi connectivity index (χ3n) is 4.24. The van der Waals surface area contributed by atoms with Crippen LogP contribution in [-0.4, -0.2) is 24.7 Å². The van der Waals surface area contributed by atoms with Gasteiger partial charge >= 0.3 is 6.18 Å². The molecule has 0 bridgehead atoms. The van der Waals surface area contributed by atoms with Gasteiger partial charge in [0, 0.05) is 18.6 Å². The van der Waals surface area contributed by atoms with Crippen LogP contribution < -0.4 is 5.32 Å². The van der Waals surface area contributed by atoms with Crippen molar-refractivity contribution in [2.75, 3.05) is 6.61 Å². The van der Waals surface area contributed by atoms with Crippen LogP contribution in [0.15, 0.2) is 24.3 Å². The van der Waals surface area contributed by atoms with E-state index in [0.29, 0.717) is 19.4 Å². The molecule has 0 unspecified atom stereocenters. The highest BCUT2D eigenvalue weighted by Gasteiger charge is 2.44. The number of ether oxygens (including phenoxy) is 1. The Morgan fingerprint density at radius 1 is 1.32 bits per heavy atom. The second-order valence-electron chi connectivity index (χ2n) is 5.94. The molecule has 0 aromatic heterocycles. The molecule has 0 radical (unpaired) electrons. The maximum absolute atomic E-state index is 13.0. The van der Waals surface area contributed by atoms with Crippen molar-refractivity contribution < 1.29 is 22.7 Å². The first-order chi connectivity index (χ1) is 10.4. The van der Waals surface area contributed by atoms with Gasteiger partial charge in [0.15, 0.2) is 0 Å². The number of carbonyl (C=O) groups is 1. The summed E-state index contributed by atoms with van der Waals surface area (Å²) in [5.41, 5.74) is -0.326. The maximum atomic E-state index is 13.0. The van der Waals surface area contributed by atoms with Gasteiger partial charge in [-0.05, 0) is 30.9 Å². The average Bonchev–Trinajstić information content (AvgIpc) is 3.01. The molecule has 1 saturated heterocycles. The number of rotatable bonds is 4. The second kappa shape index (κ2) is 5.91. The molecule has 1 N–H and O–H groups in total. The second-order valence-corrected chi connectivity index (χ2v) is 5.94. The Labute approximate surface area is 126 Å². The number of halogens is 3. The third kappa shape index (κ3) is 3.43. The number of carbonyl (C=O) groups excluding carboxylic acids is 1. The van der Waals surface area contributed by atoms with Gasteiger partial charge in [0.2, 0.25) is 5.91 Å². The molecule has 6 heteroatoms. The highest BCUT2D eigenvalue weighted by molar-refractivity contribution is 5.77. The normalized spacial score (nSPS) is 27.7. The van der Waals surface area contributed by atoms with Crippen molar-refractivity contribution >= 4 is 5.91 Å². The van der Waals surface area contributed by atoms with Gasteiger partial charge in [-0.3, -0.25) is 4.79 Å². The summed E-state index contributed by atoms with van der Waals surface area (Å²) in [6.07, 6.45) is -1.71. The fourth-order valence-corrected chi connectivity index (χ4v) is 3.05. The first-order valence-electron chi connectivity index (χ1n) is 7.52. The van der Waals surface area contributed by atoms with Crippen molar-refractivity contribution in [3.63, 3.8) is 0 Å². The van der Waals surface area contributed by atoms with E-state index < -0.39 is 11.7 Å². The van der Waals surface area contributed by atoms with Crippen LogP contribution in [0.1, 0.15) is 42.7 Å². The SMILES string of the molecule is O=C(C[C@@H]1CCCO1)N[C@@H]1C[C@H]1c1ccccc1C(F)(F)F. The Bertz CT molecular complexity index is 553. The molecule has 3 atom stereocenters. The molecule has 1 aliphatic heterocycles. The third-order valence-corrected chi connectivity index (χ3v) is 4.24. The predicted molar refractivity (Wildman–Crippen MR) is 74.3 cm³/mol. The summed E-state index contributed by atoms with van der Waals surface area (Å²) in [5, 5.41) is 2.82. The van der Waals surface area contributed by atoms with Gasteiger partial charge in [-0.1, -0.05) is 18.2 Å². The van der Waals surface area contributed by atoms with Crippen molar-refractivity contribution in [1.82, 2.24) is 5.32 Å². The van der Waals surface area contributed by atoms with Gasteiger partial charge in [0.05, 0.1) is 18.1 Å². The quantitative estimate of drug-likeness (QED) is 0.926. The Balaban J connectivity index is 1.59. The molecule has 22 heavy (non-hydrogen) atoms. The standard InChI is InChI=1S/C16H18F3NO2/c17-16(18,19)13-6-2-1-5-11(13)12-9-14(12)20-15(21)8-10-4-3-7-22-10/h1-2,5-6,10,12,14H,3-4,7-9H2,(H,20,21)/t10-,12-,14+/m0/s1. The molecule has 2 fully saturated rings. The van der Waals surface area contributed by atoms with E-state index in [1.807, 2.05) is 0 Å². The zero-order valence-corrected chi connectivity index (χ0v) is 12.0. The molecule has 1 saturated carbocycles. The monoisotopic (exact) mass is 313 g/mol. The van der Waals surface area contributed by atoms with Crippen LogP contribution in [0.2, 0.25) is 0 Å². The summed E-state index contributed by atoms with van der Waals surface area (Å²) in [6, 6.07) is 5.39. The minimum atomic E-state index is -4.36. The summed E-state index contributed by atoms with van der Waals surface area (Å²) in [5.74, 6) is -0.379. The molecule has 120 valence electrons. The van der Waals surface area contributed by atoms with Crippen LogP contribution in [0.4, 0.5) is 13.2 Å². The topological polar surface area (TPSA) is 38.3 Å². The fourth-order valence-electron chi connectivity index (χ4n) is 3.05. The summed E-state index contributed by atoms with van der Waals surface area (Å²) in [6.45, 7) is 0.683. The van der Waals surface area contributed by atoms with Gasteiger partial charge in [0.25, 0.3) is 0 Å². The van der Waals surface area contributed by atoms with Gasteiger partial charge in [-0.25, -0.2) is 0 Å². The Morgan fingerprint density at radius 2 is 2.09 bits per heavy atom. The van der Waals surface area contributed by atoms with Crippen LogP contribution in [0.25, 0.3) is 0 Å². The number of hydrogen-bond donors (Lipinski definition) is 1. The van der Waals surface area contributed by atoms with E-state index in [1.54, 1.807) is 6.07 Å². The van der Waals surface area contributed by atoms with Crippen LogP contribution in [0.3, 0.4) is 0 Å². The minimum absolute atomic E-state index is 0.0420. The number of amides is 1. The van der Waals surface area contributed by atoms with Crippen LogP contribution in [0, 0.1) is 0 Å². The molecule has 1 aromatic rings. The Hall–Kier alpha value is -1.56. The van der Waals surface area contributed by atoms with Gasteiger partial charge in [-0.2, -0.15) is 13.2 Å². The molecule has 1 heterocycles. The molecule has 1 amide bonds. The van der Waals surface area contributed by atoms with Crippen molar-refractivity contribution in [1.29, 1.82) is 0 Å². The number of benzene rings is 1. The number of nitrogens with one attached hydrogen (secondary N) is 1. The molecule has 1 aliphatic carbocycles. The van der Waals surface area contributed by atoms with Crippen molar-refractivity contribution in [3.8, 4) is 0 Å². The van der Waals surface area contributed by atoms with Gasteiger partial charge < -0.3 is 10.1 Å². The Kier molecular flexibility index (Phi) is 4.12. The van der Waals surface area contributed by atoms with E-state index in [4.69, 9.17) is 4.74 Å². The zero-order valence-electron chi connectivity index (χ0n) is 12.0. The van der Waals surface area contributed by atoms with Crippen LogP contribution in [-0.2, 0) is 15.7 Å². The highest BCUT2D eigenvalue weighted by Crippen LogP contribution is 2.46. The van der Waals surface area contributed by atoms with E-state index in [9.17, 15) is 18.0 Å². The lowest BCUT2D eigenvalue weighted by atomic mass is 10.0. The van der Waals surface area contributed by atoms with Crippen LogP contribution in [0.5, 0.6) is 0 Å². The highest BCUT2D eigenvalue weighted by atomic mass is 19.4. The molecular weight excluding hydrogens is 295 g/mol. The van der Waals surface area contributed by atoms with Gasteiger partial charge in [-0.15, -0.1) is 0 Å². The fraction of sp³-hybridized carbons (Fsp3) is 0.562. The first-order valence-corrected chi connectivity index (χ1v) is 7.52. The smallest absolute Gasteiger partial charge is 0.378 e. The molecule has 1 aromatic carbocycles. The Morgan fingerprint density at radius 3 is 2.77 bits per heavy atom. The number of hydrogen-bond acceptors (Lipinski definition) is 2. The summed E-state index contributed by atoms with van der Waals surface area (Å²) >= 11 is 0. The summed E-state index contributed by atoms with van der Waals surface area (Å²) in [7, 11) is 0. The molecule has 3 nitrogen and oxygen atoms in total. The van der Waals surface area contributed by atoms with E-state index in [2.05, 4.69) is 5.32 Å². The predicted octanol–water partition coefficient (Wildman–Crippen LogP) is 3.25. The maximum Gasteiger partial charge on any atom is 0.416 e. The van der Waals surface area contributed by atoms with Crippen molar-refractivity contribution in [3.05, 3.63) is 35.4 Å². The lowest BCUT2D eigenvalue weighted by Gasteiger charge is -2.13. The number of alkyl halides is 3. The lowest BCUT2D eigenvalue weighted by molar-refractivity contribution is -0.138. The largest absolute Gasteiger partial charge is 0.416 e. The lowest BCUT2D eigenvalue weighted by Crippen LogP contribution is -2.29. The summed E-state index contributed by atoms with van der Waals surface area (Å²) < 4.78 is 44.4. The first kappa shape index (κ1) is 15.3. The molecule has 3 rings (SSSR count). The average molecular weight is 313 g/mol. The molecular formula is C16H18F3NO2. The molecule has 0 spiro atoms. The summed E-state index contributed by atoms with van der Waals surface area (Å²) in [4.78, 5) is 11.9. The van der Waals surface area contributed by atoms with Crippen LogP contribution >= 0.6 is 0 Å². The van der Waals surface area contributed by atoms with E-state index in [-0.39, 0.29) is 29.5 Å². The molecule has 2 aliphatic rings. The minimum Gasteiger partial charge on any atom is -0.378 e. The van der Waals surface area contributed by atoms with E-state index >= 15 is 0 Å². The van der Waals surface area contributed by atoms with Crippen molar-refractivity contribution in [2.45, 2.75) is 49.9 Å². The van der Waals surface area contributed by atoms with E-state index in [1.165, 1.54) is 12.1 Å². The van der Waals surface area contributed by atoms with Gasteiger partial charge in [0.1, 0.15) is 0 Å². The zero-order chi connectivity index (χ0) is 15.7.